The highest BCUT2D eigenvalue weighted by Gasteiger charge is 2.55. The van der Waals surface area contributed by atoms with Crippen LogP contribution in [0.15, 0.2) is 24.3 Å². The maximum atomic E-state index is 13.1. The van der Waals surface area contributed by atoms with Gasteiger partial charge in [-0.3, -0.25) is 14.5 Å². The van der Waals surface area contributed by atoms with Crippen molar-refractivity contribution in [3.63, 3.8) is 0 Å². The third-order valence-electron chi connectivity index (χ3n) is 5.82. The second-order valence-electron chi connectivity index (χ2n) is 7.53. The van der Waals surface area contributed by atoms with Crippen molar-refractivity contribution < 1.29 is 14.4 Å². The van der Waals surface area contributed by atoms with Crippen LogP contribution in [0.5, 0.6) is 0 Å². The molecule has 2 aromatic rings. The average molecular weight is 396 g/mol. The molecular formula is C20H20N4O3S. The first kappa shape index (κ1) is 17.4. The highest BCUT2D eigenvalue weighted by molar-refractivity contribution is 7.15. The van der Waals surface area contributed by atoms with Crippen LogP contribution in [-0.2, 0) is 34.4 Å². The van der Waals surface area contributed by atoms with Crippen molar-refractivity contribution in [2.45, 2.75) is 44.1 Å². The zero-order valence-electron chi connectivity index (χ0n) is 15.3. The van der Waals surface area contributed by atoms with E-state index in [1.54, 1.807) is 0 Å². The minimum absolute atomic E-state index is 0.307. The zero-order valence-corrected chi connectivity index (χ0v) is 16.1. The third-order valence-corrected chi connectivity index (χ3v) is 6.89. The van der Waals surface area contributed by atoms with Crippen LogP contribution >= 0.6 is 11.3 Å². The molecule has 1 spiro atoms. The van der Waals surface area contributed by atoms with Gasteiger partial charge in [0.05, 0.1) is 5.69 Å². The topological polar surface area (TPSA) is 91.4 Å². The molecular weight excluding hydrogens is 376 g/mol. The van der Waals surface area contributed by atoms with Gasteiger partial charge in [-0.25, -0.2) is 9.78 Å². The maximum absolute atomic E-state index is 13.1. The second-order valence-corrected chi connectivity index (χ2v) is 8.61. The van der Waals surface area contributed by atoms with E-state index in [9.17, 15) is 14.4 Å². The van der Waals surface area contributed by atoms with Crippen LogP contribution in [0, 0.1) is 0 Å². The van der Waals surface area contributed by atoms with Crippen molar-refractivity contribution in [2.75, 3.05) is 11.9 Å². The van der Waals surface area contributed by atoms with E-state index in [0.717, 1.165) is 53.8 Å². The van der Waals surface area contributed by atoms with Gasteiger partial charge in [0.15, 0.2) is 5.13 Å². The van der Waals surface area contributed by atoms with E-state index in [0.29, 0.717) is 11.6 Å². The largest absolute Gasteiger partial charge is 0.325 e. The van der Waals surface area contributed by atoms with Crippen LogP contribution in [0.4, 0.5) is 9.93 Å². The van der Waals surface area contributed by atoms with Crippen LogP contribution in [-0.4, -0.2) is 34.3 Å². The molecule has 0 saturated carbocycles. The first-order valence-corrected chi connectivity index (χ1v) is 10.4. The molecule has 7 nitrogen and oxygen atoms in total. The normalized spacial score (nSPS) is 22.9. The summed E-state index contributed by atoms with van der Waals surface area (Å²) < 4.78 is 0. The fourth-order valence-electron chi connectivity index (χ4n) is 4.44. The van der Waals surface area contributed by atoms with E-state index in [2.05, 4.69) is 15.6 Å². The molecule has 1 aliphatic heterocycles. The number of imide groups is 1. The van der Waals surface area contributed by atoms with Gasteiger partial charge >= 0.3 is 6.03 Å². The average Bonchev–Trinajstić information content (AvgIpc) is 3.33. The number of fused-ring (bicyclic) bond motifs is 3. The van der Waals surface area contributed by atoms with Crippen molar-refractivity contribution in [1.82, 2.24) is 15.2 Å². The summed E-state index contributed by atoms with van der Waals surface area (Å²) >= 11 is 1.49. The van der Waals surface area contributed by atoms with Crippen molar-refractivity contribution in [2.24, 2.45) is 0 Å². The third kappa shape index (κ3) is 2.63. The number of aryl methyl sites for hydroxylation is 3. The van der Waals surface area contributed by atoms with E-state index in [1.807, 2.05) is 24.3 Å². The Bertz CT molecular complexity index is 978. The highest BCUT2D eigenvalue weighted by Crippen LogP contribution is 2.41. The number of carbonyl (C=O) groups is 3. The predicted octanol–water partition coefficient (Wildman–Crippen LogP) is 2.35. The van der Waals surface area contributed by atoms with Crippen LogP contribution in [0.3, 0.4) is 0 Å². The summed E-state index contributed by atoms with van der Waals surface area (Å²) in [7, 11) is 0. The second kappa shape index (κ2) is 6.41. The summed E-state index contributed by atoms with van der Waals surface area (Å²) in [4.78, 5) is 44.8. The Balaban J connectivity index is 1.32. The van der Waals surface area contributed by atoms with Crippen molar-refractivity contribution >= 4 is 34.3 Å². The molecule has 1 fully saturated rings. The van der Waals surface area contributed by atoms with Gasteiger partial charge in [0, 0.05) is 4.88 Å². The monoisotopic (exact) mass is 396 g/mol. The SMILES string of the molecule is O=C(CN1C(=O)NC2(CCc3ccccc32)C1=O)Nc1nc2c(s1)CCCC2. The summed E-state index contributed by atoms with van der Waals surface area (Å²) in [6.07, 6.45) is 5.46. The molecule has 1 aromatic carbocycles. The number of benzene rings is 1. The van der Waals surface area contributed by atoms with E-state index in [-0.39, 0.29) is 12.5 Å². The Hall–Kier alpha value is -2.74. The lowest BCUT2D eigenvalue weighted by Gasteiger charge is -2.22. The van der Waals surface area contributed by atoms with Crippen LogP contribution in [0.2, 0.25) is 0 Å². The van der Waals surface area contributed by atoms with Crippen LogP contribution in [0.25, 0.3) is 0 Å². The first-order chi connectivity index (χ1) is 13.6. The minimum Gasteiger partial charge on any atom is -0.319 e. The summed E-state index contributed by atoms with van der Waals surface area (Å²) in [5.41, 5.74) is 1.93. The molecule has 2 N–H and O–H groups in total. The van der Waals surface area contributed by atoms with Gasteiger partial charge in [-0.1, -0.05) is 24.3 Å². The quantitative estimate of drug-likeness (QED) is 0.779. The van der Waals surface area contributed by atoms with Gasteiger partial charge in [-0.05, 0) is 49.7 Å². The zero-order chi connectivity index (χ0) is 19.3. The molecule has 2 heterocycles. The molecule has 1 unspecified atom stereocenters. The number of hydrogen-bond donors (Lipinski definition) is 2. The van der Waals surface area contributed by atoms with Crippen molar-refractivity contribution in [3.05, 3.63) is 46.0 Å². The lowest BCUT2D eigenvalue weighted by molar-refractivity contribution is -0.134. The van der Waals surface area contributed by atoms with Crippen molar-refractivity contribution in [1.29, 1.82) is 0 Å². The fraction of sp³-hybridized carbons (Fsp3) is 0.400. The Morgan fingerprint density at radius 3 is 2.89 bits per heavy atom. The number of amides is 4. The molecule has 0 radical (unpaired) electrons. The Labute approximate surface area is 166 Å². The van der Waals surface area contributed by atoms with E-state index in [4.69, 9.17) is 0 Å². The van der Waals surface area contributed by atoms with Gasteiger partial charge in [0.2, 0.25) is 5.91 Å². The molecule has 1 saturated heterocycles. The fourth-order valence-corrected chi connectivity index (χ4v) is 5.51. The van der Waals surface area contributed by atoms with E-state index < -0.39 is 17.5 Å². The summed E-state index contributed by atoms with van der Waals surface area (Å²) in [6, 6.07) is 7.13. The number of nitrogens with one attached hydrogen (secondary N) is 2. The Kier molecular flexibility index (Phi) is 3.97. The molecule has 3 aliphatic rings. The molecule has 2 aliphatic carbocycles. The number of urea groups is 1. The number of hydrogen-bond acceptors (Lipinski definition) is 5. The molecule has 1 atom stereocenters. The number of nitrogens with zero attached hydrogens (tertiary/aromatic N) is 2. The molecule has 28 heavy (non-hydrogen) atoms. The number of anilines is 1. The van der Waals surface area contributed by atoms with E-state index in [1.165, 1.54) is 16.2 Å². The molecule has 4 amide bonds. The van der Waals surface area contributed by atoms with Crippen LogP contribution < -0.4 is 10.6 Å². The van der Waals surface area contributed by atoms with Gasteiger partial charge in [0.1, 0.15) is 12.1 Å². The standard InChI is InChI=1S/C20H20N4O3S/c25-16(22-18-21-14-7-3-4-8-15(14)28-18)11-24-17(26)20(23-19(24)27)10-9-12-5-1-2-6-13(12)20/h1-2,5-6H,3-4,7-11H2,(H,23,27)(H,21,22,25). The lowest BCUT2D eigenvalue weighted by Crippen LogP contribution is -2.42. The minimum atomic E-state index is -1.03. The number of rotatable bonds is 3. The van der Waals surface area contributed by atoms with Crippen molar-refractivity contribution in [3.8, 4) is 0 Å². The Morgan fingerprint density at radius 2 is 2.04 bits per heavy atom. The highest BCUT2D eigenvalue weighted by atomic mass is 32.1. The van der Waals surface area contributed by atoms with Gasteiger partial charge in [0.25, 0.3) is 5.91 Å². The van der Waals surface area contributed by atoms with Gasteiger partial charge in [-0.2, -0.15) is 0 Å². The smallest absolute Gasteiger partial charge is 0.319 e. The summed E-state index contributed by atoms with van der Waals surface area (Å²) in [5.74, 6) is -0.756. The lowest BCUT2D eigenvalue weighted by atomic mass is 9.92. The number of aromatic nitrogens is 1. The first-order valence-electron chi connectivity index (χ1n) is 9.58. The van der Waals surface area contributed by atoms with E-state index >= 15 is 0 Å². The molecule has 144 valence electrons. The van der Waals surface area contributed by atoms with Gasteiger partial charge in [-0.15, -0.1) is 11.3 Å². The number of thiazole rings is 1. The maximum Gasteiger partial charge on any atom is 0.325 e. The Morgan fingerprint density at radius 1 is 1.21 bits per heavy atom. The summed E-state index contributed by atoms with van der Waals surface area (Å²) in [6.45, 7) is -0.307. The number of carbonyl (C=O) groups excluding carboxylic acids is 3. The molecule has 5 rings (SSSR count). The van der Waals surface area contributed by atoms with Gasteiger partial charge < -0.3 is 10.6 Å². The molecule has 1 aromatic heterocycles. The van der Waals surface area contributed by atoms with Crippen LogP contribution in [0.1, 0.15) is 41.0 Å². The predicted molar refractivity (Wildman–Crippen MR) is 104 cm³/mol. The molecule has 8 heteroatoms. The summed E-state index contributed by atoms with van der Waals surface area (Å²) in [5, 5.41) is 6.14. The molecule has 0 bridgehead atoms.